The smallest absolute Gasteiger partial charge is 0.141 e. The molecule has 0 aliphatic heterocycles. The predicted molar refractivity (Wildman–Crippen MR) is 67.9 cm³/mol. The lowest BCUT2D eigenvalue weighted by Gasteiger charge is -2.17. The van der Waals surface area contributed by atoms with Crippen LogP contribution in [0.4, 0.5) is 0 Å². The lowest BCUT2D eigenvalue weighted by Crippen LogP contribution is -2.24. The maximum atomic E-state index is 4.55. The molecule has 0 saturated heterocycles. The van der Waals surface area contributed by atoms with Gasteiger partial charge in [0, 0.05) is 10.9 Å². The Bertz CT molecular complexity index is 476. The van der Waals surface area contributed by atoms with Gasteiger partial charge in [-0.15, -0.1) is 11.3 Å². The molecular weight excluding hydrogens is 234 g/mol. The Morgan fingerprint density at radius 1 is 1.29 bits per heavy atom. The molecule has 0 radical (unpaired) electrons. The monoisotopic (exact) mass is 251 g/mol. The van der Waals surface area contributed by atoms with Crippen LogP contribution in [0.3, 0.4) is 0 Å². The van der Waals surface area contributed by atoms with Gasteiger partial charge < -0.3 is 0 Å². The third-order valence-corrected chi connectivity index (χ3v) is 3.60. The minimum absolute atomic E-state index is 0.133. The lowest BCUT2D eigenvalue weighted by molar-refractivity contribution is 0.470. The molecule has 2 atom stereocenters. The Hall–Kier alpha value is -1.27. The van der Waals surface area contributed by atoms with Crippen molar-refractivity contribution in [3.63, 3.8) is 0 Å². The number of nitrogens with zero attached hydrogens (tertiary/aromatic N) is 3. The molecule has 2 heterocycles. The average Bonchev–Trinajstić information content (AvgIpc) is 2.87. The van der Waals surface area contributed by atoms with E-state index in [2.05, 4.69) is 46.3 Å². The fraction of sp³-hybridized carbons (Fsp3) is 0.545. The summed E-state index contributed by atoms with van der Waals surface area (Å²) in [5.74, 6) is 0.849. The zero-order chi connectivity index (χ0) is 12.4. The number of nitrogens with one attached hydrogen (secondary N) is 2. The van der Waals surface area contributed by atoms with E-state index in [1.54, 1.807) is 11.3 Å². The summed E-state index contributed by atoms with van der Waals surface area (Å²) in [6.45, 7) is 8.32. The molecule has 0 aliphatic rings. The van der Waals surface area contributed by atoms with Gasteiger partial charge in [0.05, 0.1) is 16.7 Å². The van der Waals surface area contributed by atoms with Crippen LogP contribution in [0.1, 0.15) is 47.3 Å². The molecule has 0 fully saturated rings. The van der Waals surface area contributed by atoms with Crippen molar-refractivity contribution in [3.8, 4) is 0 Å². The molecular formula is C11H17N5S. The van der Waals surface area contributed by atoms with E-state index in [0.717, 1.165) is 16.5 Å². The van der Waals surface area contributed by atoms with Gasteiger partial charge >= 0.3 is 0 Å². The van der Waals surface area contributed by atoms with Crippen LogP contribution in [0, 0.1) is 13.8 Å². The van der Waals surface area contributed by atoms with E-state index in [0.29, 0.717) is 0 Å². The first kappa shape index (κ1) is 12.2. The maximum Gasteiger partial charge on any atom is 0.141 e. The number of thiazole rings is 1. The lowest BCUT2D eigenvalue weighted by atomic mass is 10.2. The van der Waals surface area contributed by atoms with Gasteiger partial charge in [-0.3, -0.25) is 10.4 Å². The number of hydrogen-bond acceptors (Lipinski definition) is 5. The number of aryl methyl sites for hydroxylation is 2. The van der Waals surface area contributed by atoms with Crippen LogP contribution in [0.5, 0.6) is 0 Å². The number of aromatic amines is 1. The van der Waals surface area contributed by atoms with Gasteiger partial charge in [-0.2, -0.15) is 5.10 Å². The van der Waals surface area contributed by atoms with Crippen molar-refractivity contribution in [2.75, 3.05) is 0 Å². The van der Waals surface area contributed by atoms with Gasteiger partial charge in [0.1, 0.15) is 12.2 Å². The van der Waals surface area contributed by atoms with Gasteiger partial charge in [0.2, 0.25) is 0 Å². The van der Waals surface area contributed by atoms with Crippen LogP contribution in [0.2, 0.25) is 0 Å². The molecule has 2 unspecified atom stereocenters. The minimum atomic E-state index is 0.133. The van der Waals surface area contributed by atoms with Crippen LogP contribution in [0.15, 0.2) is 6.33 Å². The van der Waals surface area contributed by atoms with Crippen LogP contribution in [0.25, 0.3) is 0 Å². The Labute approximate surface area is 105 Å². The van der Waals surface area contributed by atoms with E-state index in [4.69, 9.17) is 0 Å². The maximum absolute atomic E-state index is 4.55. The zero-order valence-electron chi connectivity index (χ0n) is 10.5. The van der Waals surface area contributed by atoms with Gasteiger partial charge in [0.25, 0.3) is 0 Å². The summed E-state index contributed by atoms with van der Waals surface area (Å²) in [6.07, 6.45) is 1.52. The van der Waals surface area contributed by atoms with Crippen molar-refractivity contribution in [1.29, 1.82) is 0 Å². The first-order valence-corrected chi connectivity index (χ1v) is 6.44. The van der Waals surface area contributed by atoms with Crippen LogP contribution >= 0.6 is 11.3 Å². The minimum Gasteiger partial charge on any atom is -0.299 e. The highest BCUT2D eigenvalue weighted by Gasteiger charge is 2.17. The van der Waals surface area contributed by atoms with Crippen molar-refractivity contribution >= 4 is 11.3 Å². The molecule has 2 N–H and O–H groups in total. The van der Waals surface area contributed by atoms with E-state index in [1.807, 2.05) is 6.92 Å². The van der Waals surface area contributed by atoms with E-state index >= 15 is 0 Å². The summed E-state index contributed by atoms with van der Waals surface area (Å²) in [5, 5.41) is 11.3. The number of rotatable bonds is 4. The summed E-state index contributed by atoms with van der Waals surface area (Å²) >= 11 is 1.74. The molecule has 17 heavy (non-hydrogen) atoms. The molecule has 0 spiro atoms. The fourth-order valence-corrected chi connectivity index (χ4v) is 2.82. The number of aromatic nitrogens is 4. The SMILES string of the molecule is Cc1nc(C(C)NC(C)c2ncn[nH]2)c(C)s1. The topological polar surface area (TPSA) is 66.5 Å². The Balaban J connectivity index is 2.06. The standard InChI is InChI=1S/C11H17N5S/c1-6(10-8(3)17-9(4)15-10)14-7(2)11-12-5-13-16-11/h5-7,14H,1-4H3,(H,12,13,16). The highest BCUT2D eigenvalue weighted by Crippen LogP contribution is 2.24. The summed E-state index contributed by atoms with van der Waals surface area (Å²) in [5.41, 5.74) is 1.12. The highest BCUT2D eigenvalue weighted by atomic mass is 32.1. The summed E-state index contributed by atoms with van der Waals surface area (Å²) in [4.78, 5) is 9.97. The molecule has 2 aromatic rings. The largest absolute Gasteiger partial charge is 0.299 e. The van der Waals surface area contributed by atoms with Gasteiger partial charge in [-0.1, -0.05) is 0 Å². The molecule has 2 aromatic heterocycles. The quantitative estimate of drug-likeness (QED) is 0.875. The normalized spacial score (nSPS) is 14.8. The van der Waals surface area contributed by atoms with E-state index in [-0.39, 0.29) is 12.1 Å². The zero-order valence-corrected chi connectivity index (χ0v) is 11.3. The van der Waals surface area contributed by atoms with Gasteiger partial charge in [0.15, 0.2) is 0 Å². The second kappa shape index (κ2) is 4.93. The fourth-order valence-electron chi connectivity index (χ4n) is 1.90. The van der Waals surface area contributed by atoms with Crippen molar-refractivity contribution in [1.82, 2.24) is 25.5 Å². The van der Waals surface area contributed by atoms with Crippen molar-refractivity contribution < 1.29 is 0 Å². The van der Waals surface area contributed by atoms with Crippen LogP contribution in [-0.2, 0) is 0 Å². The van der Waals surface area contributed by atoms with Crippen molar-refractivity contribution in [2.24, 2.45) is 0 Å². The summed E-state index contributed by atoms with van der Waals surface area (Å²) in [7, 11) is 0. The highest BCUT2D eigenvalue weighted by molar-refractivity contribution is 7.11. The summed E-state index contributed by atoms with van der Waals surface area (Å²) in [6, 6.07) is 0.342. The number of H-pyrrole nitrogens is 1. The Morgan fingerprint density at radius 2 is 2.06 bits per heavy atom. The Kier molecular flexibility index (Phi) is 3.54. The molecule has 92 valence electrons. The van der Waals surface area contributed by atoms with Crippen LogP contribution in [-0.4, -0.2) is 20.2 Å². The summed E-state index contributed by atoms with van der Waals surface area (Å²) < 4.78 is 0. The number of hydrogen-bond donors (Lipinski definition) is 2. The molecule has 0 amide bonds. The average molecular weight is 251 g/mol. The molecule has 0 aromatic carbocycles. The van der Waals surface area contributed by atoms with Crippen LogP contribution < -0.4 is 5.32 Å². The van der Waals surface area contributed by atoms with E-state index < -0.39 is 0 Å². The van der Waals surface area contributed by atoms with E-state index in [1.165, 1.54) is 11.2 Å². The molecule has 5 nitrogen and oxygen atoms in total. The van der Waals surface area contributed by atoms with Gasteiger partial charge in [-0.05, 0) is 27.7 Å². The Morgan fingerprint density at radius 3 is 2.59 bits per heavy atom. The van der Waals surface area contributed by atoms with Crippen molar-refractivity contribution in [2.45, 2.75) is 39.8 Å². The molecule has 6 heteroatoms. The van der Waals surface area contributed by atoms with E-state index in [9.17, 15) is 0 Å². The first-order chi connectivity index (χ1) is 8.08. The molecule has 0 bridgehead atoms. The third-order valence-electron chi connectivity index (χ3n) is 2.69. The second-order valence-electron chi connectivity index (χ2n) is 4.16. The first-order valence-electron chi connectivity index (χ1n) is 5.63. The molecule has 0 saturated carbocycles. The predicted octanol–water partition coefficient (Wildman–Crippen LogP) is 2.29. The third kappa shape index (κ3) is 2.70. The van der Waals surface area contributed by atoms with Gasteiger partial charge in [-0.25, -0.2) is 9.97 Å². The van der Waals surface area contributed by atoms with Crippen molar-refractivity contribution in [3.05, 3.63) is 27.7 Å². The molecule has 0 aliphatic carbocycles. The molecule has 2 rings (SSSR count). The second-order valence-corrected chi connectivity index (χ2v) is 5.56.